The van der Waals surface area contributed by atoms with Gasteiger partial charge in [-0.05, 0) is 36.8 Å². The first-order valence-corrected chi connectivity index (χ1v) is 5.90. The maximum absolute atomic E-state index is 5.35. The van der Waals surface area contributed by atoms with Crippen LogP contribution in [0.1, 0.15) is 19.8 Å². The molecule has 0 bridgehead atoms. The highest BCUT2D eigenvalue weighted by atomic mass is 16.3. The Kier molecular flexibility index (Phi) is 2.31. The fraction of sp³-hybridized carbons (Fsp3) is 0.462. The first-order chi connectivity index (χ1) is 7.84. The average molecular weight is 216 g/mol. The number of aromatic nitrogens is 1. The lowest BCUT2D eigenvalue weighted by Gasteiger charge is -2.12. The van der Waals surface area contributed by atoms with Crippen molar-refractivity contribution in [1.82, 2.24) is 4.98 Å². The Morgan fingerprint density at radius 1 is 1.50 bits per heavy atom. The molecule has 0 spiro atoms. The van der Waals surface area contributed by atoms with E-state index in [1.54, 1.807) is 12.5 Å². The van der Waals surface area contributed by atoms with Crippen molar-refractivity contribution in [3.05, 3.63) is 24.6 Å². The smallest absolute Gasteiger partial charge is 0.139 e. The number of rotatable bonds is 4. The summed E-state index contributed by atoms with van der Waals surface area (Å²) < 4.78 is 5.35. The number of anilines is 1. The van der Waals surface area contributed by atoms with Gasteiger partial charge < -0.3 is 9.73 Å². The standard InChI is InChI=1S/C13H16N2O/c1-9(10-2-3-10)8-15-13-11-5-7-16-12(11)4-6-14-13/h4-7,9-10H,2-3,8H2,1H3,(H,14,15). The van der Waals surface area contributed by atoms with Gasteiger partial charge in [0, 0.05) is 12.7 Å². The van der Waals surface area contributed by atoms with Gasteiger partial charge in [0.1, 0.15) is 11.4 Å². The van der Waals surface area contributed by atoms with Gasteiger partial charge in [-0.3, -0.25) is 0 Å². The van der Waals surface area contributed by atoms with Crippen LogP contribution in [0, 0.1) is 11.8 Å². The third-order valence-corrected chi connectivity index (χ3v) is 3.40. The van der Waals surface area contributed by atoms with Crippen molar-refractivity contribution in [2.24, 2.45) is 11.8 Å². The summed E-state index contributed by atoms with van der Waals surface area (Å²) in [6.45, 7) is 3.31. The Labute approximate surface area is 94.9 Å². The van der Waals surface area contributed by atoms with Gasteiger partial charge in [-0.2, -0.15) is 0 Å². The van der Waals surface area contributed by atoms with Gasteiger partial charge in [0.15, 0.2) is 0 Å². The van der Waals surface area contributed by atoms with E-state index in [1.165, 1.54) is 12.8 Å². The lowest BCUT2D eigenvalue weighted by molar-refractivity contribution is 0.536. The van der Waals surface area contributed by atoms with Crippen LogP contribution in [0.2, 0.25) is 0 Å². The fourth-order valence-corrected chi connectivity index (χ4v) is 2.13. The van der Waals surface area contributed by atoms with E-state index in [-0.39, 0.29) is 0 Å². The number of nitrogens with one attached hydrogen (secondary N) is 1. The van der Waals surface area contributed by atoms with Crippen molar-refractivity contribution < 1.29 is 4.42 Å². The monoisotopic (exact) mass is 216 g/mol. The van der Waals surface area contributed by atoms with Crippen molar-refractivity contribution in [3.8, 4) is 0 Å². The second-order valence-electron chi connectivity index (χ2n) is 4.69. The molecule has 0 amide bonds. The van der Waals surface area contributed by atoms with Gasteiger partial charge in [0.05, 0.1) is 11.6 Å². The molecule has 2 aromatic heterocycles. The van der Waals surface area contributed by atoms with Gasteiger partial charge in [-0.1, -0.05) is 6.92 Å². The minimum atomic E-state index is 0.740. The molecule has 1 atom stereocenters. The van der Waals surface area contributed by atoms with E-state index in [2.05, 4.69) is 17.2 Å². The van der Waals surface area contributed by atoms with Crippen LogP contribution in [0.25, 0.3) is 11.0 Å². The summed E-state index contributed by atoms with van der Waals surface area (Å²) in [7, 11) is 0. The quantitative estimate of drug-likeness (QED) is 0.852. The van der Waals surface area contributed by atoms with Crippen LogP contribution < -0.4 is 5.32 Å². The van der Waals surface area contributed by atoms with Crippen LogP contribution in [0.3, 0.4) is 0 Å². The van der Waals surface area contributed by atoms with Crippen LogP contribution in [-0.4, -0.2) is 11.5 Å². The van der Waals surface area contributed by atoms with Crippen LogP contribution in [0.5, 0.6) is 0 Å². The number of fused-ring (bicyclic) bond motifs is 1. The molecule has 1 aliphatic rings. The lowest BCUT2D eigenvalue weighted by Crippen LogP contribution is -2.13. The minimum absolute atomic E-state index is 0.740. The summed E-state index contributed by atoms with van der Waals surface area (Å²) >= 11 is 0. The van der Waals surface area contributed by atoms with Crippen molar-refractivity contribution in [3.63, 3.8) is 0 Å². The zero-order chi connectivity index (χ0) is 11.0. The Morgan fingerprint density at radius 3 is 3.19 bits per heavy atom. The van der Waals surface area contributed by atoms with Crippen molar-refractivity contribution in [1.29, 1.82) is 0 Å². The highest BCUT2D eigenvalue weighted by molar-refractivity contribution is 5.87. The van der Waals surface area contributed by atoms with E-state index in [1.807, 2.05) is 12.1 Å². The zero-order valence-corrected chi connectivity index (χ0v) is 9.44. The Morgan fingerprint density at radius 2 is 2.38 bits per heavy atom. The molecule has 2 heterocycles. The number of nitrogens with zero attached hydrogens (tertiary/aromatic N) is 1. The molecule has 0 radical (unpaired) electrons. The molecule has 1 N–H and O–H groups in total. The number of hydrogen-bond donors (Lipinski definition) is 1. The molecule has 1 aliphatic carbocycles. The van der Waals surface area contributed by atoms with Crippen molar-refractivity contribution in [2.45, 2.75) is 19.8 Å². The maximum atomic E-state index is 5.35. The molecular formula is C13H16N2O. The molecule has 1 saturated carbocycles. The molecule has 0 aliphatic heterocycles. The molecule has 3 heteroatoms. The molecule has 16 heavy (non-hydrogen) atoms. The highest BCUT2D eigenvalue weighted by Gasteiger charge is 2.27. The van der Waals surface area contributed by atoms with Crippen molar-refractivity contribution in [2.75, 3.05) is 11.9 Å². The molecule has 84 valence electrons. The minimum Gasteiger partial charge on any atom is -0.464 e. The van der Waals surface area contributed by atoms with E-state index in [0.29, 0.717) is 0 Å². The summed E-state index contributed by atoms with van der Waals surface area (Å²) in [5, 5.41) is 4.50. The van der Waals surface area contributed by atoms with Gasteiger partial charge in [0.2, 0.25) is 0 Å². The van der Waals surface area contributed by atoms with Gasteiger partial charge >= 0.3 is 0 Å². The number of hydrogen-bond acceptors (Lipinski definition) is 3. The van der Waals surface area contributed by atoms with Gasteiger partial charge in [0.25, 0.3) is 0 Å². The van der Waals surface area contributed by atoms with E-state index in [9.17, 15) is 0 Å². The topological polar surface area (TPSA) is 38.1 Å². The molecule has 0 saturated heterocycles. The highest BCUT2D eigenvalue weighted by Crippen LogP contribution is 2.36. The number of pyridine rings is 1. The SMILES string of the molecule is CC(CNc1nccc2occc12)C1CC1. The predicted octanol–water partition coefficient (Wildman–Crippen LogP) is 3.29. The van der Waals surface area contributed by atoms with E-state index >= 15 is 0 Å². The Balaban J connectivity index is 1.75. The molecule has 1 fully saturated rings. The summed E-state index contributed by atoms with van der Waals surface area (Å²) in [5.41, 5.74) is 0.900. The van der Waals surface area contributed by atoms with Crippen LogP contribution in [0.15, 0.2) is 29.0 Å². The van der Waals surface area contributed by atoms with E-state index in [0.717, 1.165) is 35.2 Å². The molecule has 3 rings (SSSR count). The second kappa shape index (κ2) is 3.81. The van der Waals surface area contributed by atoms with Gasteiger partial charge in [-0.25, -0.2) is 4.98 Å². The molecule has 1 unspecified atom stereocenters. The van der Waals surface area contributed by atoms with Crippen LogP contribution >= 0.6 is 0 Å². The van der Waals surface area contributed by atoms with E-state index < -0.39 is 0 Å². The van der Waals surface area contributed by atoms with Crippen LogP contribution in [-0.2, 0) is 0 Å². The summed E-state index contributed by atoms with van der Waals surface area (Å²) in [6, 6.07) is 3.86. The van der Waals surface area contributed by atoms with Gasteiger partial charge in [-0.15, -0.1) is 0 Å². The third kappa shape index (κ3) is 1.77. The predicted molar refractivity (Wildman–Crippen MR) is 64.4 cm³/mol. The summed E-state index contributed by atoms with van der Waals surface area (Å²) in [4.78, 5) is 4.36. The van der Waals surface area contributed by atoms with Crippen molar-refractivity contribution >= 4 is 16.8 Å². The van der Waals surface area contributed by atoms with Crippen LogP contribution in [0.4, 0.5) is 5.82 Å². The Hall–Kier alpha value is -1.51. The summed E-state index contributed by atoms with van der Waals surface area (Å²) in [5.74, 6) is 2.61. The average Bonchev–Trinajstić information content (AvgIpc) is 3.04. The normalized spacial score (nSPS) is 17.6. The second-order valence-corrected chi connectivity index (χ2v) is 4.69. The Bertz CT molecular complexity index is 487. The molecule has 2 aromatic rings. The molecule has 3 nitrogen and oxygen atoms in total. The third-order valence-electron chi connectivity index (χ3n) is 3.40. The summed E-state index contributed by atoms with van der Waals surface area (Å²) in [6.07, 6.45) is 6.29. The first kappa shape index (κ1) is 9.70. The largest absolute Gasteiger partial charge is 0.464 e. The lowest BCUT2D eigenvalue weighted by atomic mass is 10.1. The first-order valence-electron chi connectivity index (χ1n) is 5.90. The number of furan rings is 1. The molecule has 0 aromatic carbocycles. The maximum Gasteiger partial charge on any atom is 0.139 e. The fourth-order valence-electron chi connectivity index (χ4n) is 2.13. The van der Waals surface area contributed by atoms with E-state index in [4.69, 9.17) is 4.42 Å². The zero-order valence-electron chi connectivity index (χ0n) is 9.44. The molecular weight excluding hydrogens is 200 g/mol.